The molecule has 0 aromatic carbocycles. The molecule has 4 aliphatic carbocycles. The Hall–Kier alpha value is -1.51. The number of pyridine rings is 1. The van der Waals surface area contributed by atoms with Crippen LogP contribution in [0.3, 0.4) is 0 Å². The van der Waals surface area contributed by atoms with Gasteiger partial charge in [-0.25, -0.2) is 0 Å². The number of hydrogen-bond donors (Lipinski definition) is 3. The Kier molecular flexibility index (Phi) is 4.65. The van der Waals surface area contributed by atoms with Crippen LogP contribution in [-0.2, 0) is 10.4 Å². The van der Waals surface area contributed by atoms with E-state index in [1.165, 1.54) is 25.7 Å². The zero-order chi connectivity index (χ0) is 19.2. The number of rotatable bonds is 2. The number of carbonyl (C=O) groups excluding carboxylic acids is 1. The van der Waals surface area contributed by atoms with Gasteiger partial charge < -0.3 is 5.32 Å². The van der Waals surface area contributed by atoms with Gasteiger partial charge in [0, 0.05) is 17.9 Å². The Morgan fingerprint density at radius 1 is 1.15 bits per heavy atom. The number of nitrogens with one attached hydrogen (secondary N) is 1. The van der Waals surface area contributed by atoms with Crippen molar-refractivity contribution in [3.8, 4) is 0 Å². The quantitative estimate of drug-likeness (QED) is 0.677. The Balaban J connectivity index is 0.000000349. The average molecular weight is 382 g/mol. The summed E-state index contributed by atoms with van der Waals surface area (Å²) in [4.78, 5) is 16.7. The van der Waals surface area contributed by atoms with Gasteiger partial charge in [0.05, 0.1) is 5.56 Å². The minimum Gasteiger partial charge on any atom is -0.347 e. The fourth-order valence-electron chi connectivity index (χ4n) is 6.40. The standard InChI is InChI=1S/C18H24N2O.H2O4S/c1-16-6-13-7-17(2,10-16)12-18(8-13,11-16)20-15(21)14-4-3-5-19-9-14;1-5(2,3)4/h3-5,9,13H,6-8,10-12H2,1-2H3,(H,20,21);(H2,1,2,3,4). The van der Waals surface area contributed by atoms with Crippen LogP contribution in [0.5, 0.6) is 0 Å². The lowest BCUT2D eigenvalue weighted by Crippen LogP contribution is -2.65. The summed E-state index contributed by atoms with van der Waals surface area (Å²) in [7, 11) is -4.67. The van der Waals surface area contributed by atoms with Crippen LogP contribution in [0.1, 0.15) is 62.7 Å². The predicted molar refractivity (Wildman–Crippen MR) is 96.0 cm³/mol. The zero-order valence-electron chi connectivity index (χ0n) is 15.1. The smallest absolute Gasteiger partial charge is 0.347 e. The zero-order valence-corrected chi connectivity index (χ0v) is 15.9. The average Bonchev–Trinajstić information content (AvgIpc) is 2.41. The highest BCUT2D eigenvalue weighted by Gasteiger charge is 2.60. The van der Waals surface area contributed by atoms with Crippen LogP contribution in [0.4, 0.5) is 0 Å². The second-order valence-electron chi connectivity index (χ2n) is 9.05. The molecule has 8 heteroatoms. The fraction of sp³-hybridized carbons (Fsp3) is 0.667. The second-order valence-corrected chi connectivity index (χ2v) is 9.95. The van der Waals surface area contributed by atoms with Gasteiger partial charge in [0.2, 0.25) is 0 Å². The summed E-state index contributed by atoms with van der Waals surface area (Å²) in [6.45, 7) is 4.86. The van der Waals surface area contributed by atoms with E-state index in [0.717, 1.165) is 18.8 Å². The topological polar surface area (TPSA) is 117 Å². The van der Waals surface area contributed by atoms with Crippen molar-refractivity contribution in [2.24, 2.45) is 16.7 Å². The summed E-state index contributed by atoms with van der Waals surface area (Å²) in [6.07, 6.45) is 10.9. The summed E-state index contributed by atoms with van der Waals surface area (Å²) in [5.41, 5.74) is 1.56. The maximum atomic E-state index is 12.6. The molecular weight excluding hydrogens is 356 g/mol. The number of aromatic nitrogens is 1. The first kappa shape index (κ1) is 19.3. The number of amides is 1. The molecule has 4 aliphatic rings. The van der Waals surface area contributed by atoms with Crippen LogP contribution < -0.4 is 5.32 Å². The first-order valence-corrected chi connectivity index (χ1v) is 10.2. The molecule has 4 fully saturated rings. The van der Waals surface area contributed by atoms with Crippen molar-refractivity contribution < 1.29 is 22.3 Å². The van der Waals surface area contributed by atoms with E-state index in [1.807, 2.05) is 12.1 Å². The highest BCUT2D eigenvalue weighted by atomic mass is 32.3. The van der Waals surface area contributed by atoms with Crippen molar-refractivity contribution >= 4 is 16.3 Å². The first-order valence-electron chi connectivity index (χ1n) is 8.82. The molecule has 1 aromatic heterocycles. The Bertz CT molecular complexity index is 769. The van der Waals surface area contributed by atoms with Crippen molar-refractivity contribution in [2.45, 2.75) is 57.9 Å². The lowest BCUT2D eigenvalue weighted by Gasteiger charge is -2.65. The molecule has 3 N–H and O–H groups in total. The van der Waals surface area contributed by atoms with Gasteiger partial charge in [0.15, 0.2) is 0 Å². The summed E-state index contributed by atoms with van der Waals surface area (Å²) in [6, 6.07) is 3.68. The van der Waals surface area contributed by atoms with E-state index in [4.69, 9.17) is 17.5 Å². The molecule has 4 bridgehead atoms. The van der Waals surface area contributed by atoms with Gasteiger partial charge in [0.25, 0.3) is 5.91 Å². The first-order chi connectivity index (χ1) is 11.9. The number of carbonyl (C=O) groups is 1. The van der Waals surface area contributed by atoms with Gasteiger partial charge in [-0.2, -0.15) is 8.42 Å². The molecule has 2 atom stereocenters. The molecule has 144 valence electrons. The third kappa shape index (κ3) is 4.42. The molecule has 0 saturated heterocycles. The third-order valence-electron chi connectivity index (χ3n) is 5.93. The molecule has 1 aromatic rings. The Morgan fingerprint density at radius 2 is 1.73 bits per heavy atom. The van der Waals surface area contributed by atoms with E-state index < -0.39 is 10.4 Å². The Morgan fingerprint density at radius 3 is 2.19 bits per heavy atom. The van der Waals surface area contributed by atoms with Crippen molar-refractivity contribution in [3.05, 3.63) is 30.1 Å². The summed E-state index contributed by atoms with van der Waals surface area (Å²) in [5.74, 6) is 0.850. The molecule has 0 spiro atoms. The van der Waals surface area contributed by atoms with E-state index >= 15 is 0 Å². The van der Waals surface area contributed by atoms with E-state index in [9.17, 15) is 4.79 Å². The molecule has 0 radical (unpaired) electrons. The highest BCUT2D eigenvalue weighted by molar-refractivity contribution is 7.79. The van der Waals surface area contributed by atoms with Crippen LogP contribution in [0.15, 0.2) is 24.5 Å². The molecule has 5 rings (SSSR count). The summed E-state index contributed by atoms with van der Waals surface area (Å²) < 4.78 is 31.6. The number of nitrogens with zero attached hydrogens (tertiary/aromatic N) is 1. The highest BCUT2D eigenvalue weighted by Crippen LogP contribution is 2.66. The second kappa shape index (κ2) is 6.28. The van der Waals surface area contributed by atoms with Crippen molar-refractivity contribution in [2.75, 3.05) is 0 Å². The summed E-state index contributed by atoms with van der Waals surface area (Å²) >= 11 is 0. The largest absolute Gasteiger partial charge is 0.394 e. The van der Waals surface area contributed by atoms with Crippen LogP contribution in [0.2, 0.25) is 0 Å². The SMILES string of the molecule is CC12CC3CC(C)(C1)CC(NC(=O)c1cccnc1)(C3)C2.O=S(=O)(O)O. The third-order valence-corrected chi connectivity index (χ3v) is 5.93. The maximum Gasteiger partial charge on any atom is 0.394 e. The summed E-state index contributed by atoms with van der Waals surface area (Å²) in [5, 5.41) is 3.41. The van der Waals surface area contributed by atoms with Gasteiger partial charge in [-0.05, 0) is 67.4 Å². The van der Waals surface area contributed by atoms with Crippen molar-refractivity contribution in [1.29, 1.82) is 0 Å². The molecule has 1 amide bonds. The molecular formula is C18H26N2O5S. The lowest BCUT2D eigenvalue weighted by atomic mass is 9.43. The molecule has 2 unspecified atom stereocenters. The van der Waals surface area contributed by atoms with Crippen LogP contribution >= 0.6 is 0 Å². The molecule has 0 aliphatic heterocycles. The predicted octanol–water partition coefficient (Wildman–Crippen LogP) is 2.91. The van der Waals surface area contributed by atoms with Gasteiger partial charge in [0.1, 0.15) is 0 Å². The van der Waals surface area contributed by atoms with Gasteiger partial charge >= 0.3 is 10.4 Å². The fourth-order valence-corrected chi connectivity index (χ4v) is 6.40. The van der Waals surface area contributed by atoms with Gasteiger partial charge in [-0.15, -0.1) is 0 Å². The maximum absolute atomic E-state index is 12.6. The van der Waals surface area contributed by atoms with Crippen molar-refractivity contribution in [1.82, 2.24) is 10.3 Å². The normalized spacial score (nSPS) is 37.6. The van der Waals surface area contributed by atoms with E-state index in [2.05, 4.69) is 24.1 Å². The monoisotopic (exact) mass is 382 g/mol. The minimum absolute atomic E-state index is 0.0237. The van der Waals surface area contributed by atoms with Gasteiger partial charge in [-0.3, -0.25) is 18.9 Å². The van der Waals surface area contributed by atoms with Crippen LogP contribution in [0.25, 0.3) is 0 Å². The van der Waals surface area contributed by atoms with Crippen LogP contribution in [-0.4, -0.2) is 34.0 Å². The van der Waals surface area contributed by atoms with Gasteiger partial charge in [-0.1, -0.05) is 13.8 Å². The molecule has 26 heavy (non-hydrogen) atoms. The molecule has 4 saturated carbocycles. The number of hydrogen-bond acceptors (Lipinski definition) is 4. The van der Waals surface area contributed by atoms with E-state index in [1.54, 1.807) is 12.4 Å². The minimum atomic E-state index is -4.67. The van der Waals surface area contributed by atoms with E-state index in [-0.39, 0.29) is 11.4 Å². The van der Waals surface area contributed by atoms with Crippen LogP contribution in [0, 0.1) is 16.7 Å². The Labute approximate surface area is 154 Å². The van der Waals surface area contributed by atoms with E-state index in [0.29, 0.717) is 16.4 Å². The molecule has 1 heterocycles. The lowest BCUT2D eigenvalue weighted by molar-refractivity contribution is -0.114. The van der Waals surface area contributed by atoms with Crippen molar-refractivity contribution in [3.63, 3.8) is 0 Å². The molecule has 7 nitrogen and oxygen atoms in total.